The molecule has 0 saturated carbocycles. The van der Waals surface area contributed by atoms with Crippen LogP contribution in [0.25, 0.3) is 11.1 Å². The van der Waals surface area contributed by atoms with Gasteiger partial charge in [0.2, 0.25) is 5.91 Å². The van der Waals surface area contributed by atoms with Gasteiger partial charge in [-0.05, 0) is 85.5 Å². The van der Waals surface area contributed by atoms with Gasteiger partial charge in [0.25, 0.3) is 0 Å². The van der Waals surface area contributed by atoms with E-state index in [0.29, 0.717) is 37.5 Å². The van der Waals surface area contributed by atoms with Crippen molar-refractivity contribution in [2.24, 2.45) is 0 Å². The standard InChI is InChI=1S/C36H41N3O6/c1-4-39(28-12-18-44-19-13-28)32-22-27(20-29(24(32)2)33(40)43-3)26-10-11-30-31(21-26)37-34(41)36(30)14-16-38(17-15-36)35(42)45-23-25-8-6-5-7-9-25/h5-11,20-22,28H,4,12-19,23H2,1-3H3,(H,37,41). The van der Waals surface area contributed by atoms with E-state index in [9.17, 15) is 14.4 Å². The largest absolute Gasteiger partial charge is 0.465 e. The third-order valence-electron chi connectivity index (χ3n) is 9.70. The Morgan fingerprint density at radius 3 is 2.44 bits per heavy atom. The number of carbonyl (C=O) groups is 3. The first-order chi connectivity index (χ1) is 21.8. The lowest BCUT2D eigenvalue weighted by Crippen LogP contribution is -2.48. The fourth-order valence-corrected chi connectivity index (χ4v) is 7.09. The lowest BCUT2D eigenvalue weighted by atomic mass is 9.73. The molecule has 1 spiro atoms. The third-order valence-corrected chi connectivity index (χ3v) is 9.70. The van der Waals surface area contributed by atoms with E-state index < -0.39 is 5.41 Å². The predicted molar refractivity (Wildman–Crippen MR) is 173 cm³/mol. The molecule has 3 aromatic carbocycles. The first-order valence-corrected chi connectivity index (χ1v) is 15.8. The first-order valence-electron chi connectivity index (χ1n) is 15.8. The van der Waals surface area contributed by atoms with Gasteiger partial charge >= 0.3 is 12.1 Å². The van der Waals surface area contributed by atoms with E-state index in [-0.39, 0.29) is 24.6 Å². The quantitative estimate of drug-likeness (QED) is 0.324. The van der Waals surface area contributed by atoms with Crippen molar-refractivity contribution in [3.05, 3.63) is 82.9 Å². The van der Waals surface area contributed by atoms with E-state index in [0.717, 1.165) is 71.8 Å². The molecule has 9 nitrogen and oxygen atoms in total. The molecule has 0 atom stereocenters. The Morgan fingerprint density at radius 2 is 1.76 bits per heavy atom. The Kier molecular flexibility index (Phi) is 8.81. The van der Waals surface area contributed by atoms with E-state index in [2.05, 4.69) is 23.2 Å². The van der Waals surface area contributed by atoms with Gasteiger partial charge < -0.3 is 29.3 Å². The monoisotopic (exact) mass is 611 g/mol. The van der Waals surface area contributed by atoms with Crippen molar-refractivity contribution in [3.63, 3.8) is 0 Å². The van der Waals surface area contributed by atoms with Crippen molar-refractivity contribution in [2.75, 3.05) is 50.2 Å². The Bertz CT molecular complexity index is 1580. The molecule has 6 rings (SSSR count). The van der Waals surface area contributed by atoms with Crippen LogP contribution in [0.15, 0.2) is 60.7 Å². The summed E-state index contributed by atoms with van der Waals surface area (Å²) >= 11 is 0. The Labute approximate surface area is 264 Å². The fraction of sp³-hybridized carbons (Fsp3) is 0.417. The molecule has 3 aliphatic heterocycles. The summed E-state index contributed by atoms with van der Waals surface area (Å²) in [6, 6.07) is 20.0. The average molecular weight is 612 g/mol. The van der Waals surface area contributed by atoms with Gasteiger partial charge in [-0.25, -0.2) is 9.59 Å². The van der Waals surface area contributed by atoms with E-state index >= 15 is 0 Å². The van der Waals surface area contributed by atoms with E-state index in [1.807, 2.05) is 61.5 Å². The van der Waals surface area contributed by atoms with Crippen LogP contribution in [0.4, 0.5) is 16.2 Å². The smallest absolute Gasteiger partial charge is 0.410 e. The molecule has 2 fully saturated rings. The minimum absolute atomic E-state index is 0.0385. The minimum atomic E-state index is -0.693. The van der Waals surface area contributed by atoms with Gasteiger partial charge in [0, 0.05) is 50.3 Å². The Morgan fingerprint density at radius 1 is 1.02 bits per heavy atom. The van der Waals surface area contributed by atoms with Crippen LogP contribution in [0.3, 0.4) is 0 Å². The topological polar surface area (TPSA) is 97.4 Å². The normalized spacial score (nSPS) is 17.5. The van der Waals surface area contributed by atoms with Gasteiger partial charge in [-0.1, -0.05) is 42.5 Å². The maximum atomic E-state index is 13.5. The highest BCUT2D eigenvalue weighted by Gasteiger charge is 2.49. The van der Waals surface area contributed by atoms with Crippen LogP contribution < -0.4 is 10.2 Å². The van der Waals surface area contributed by atoms with Crippen molar-refractivity contribution in [2.45, 2.75) is 57.6 Å². The minimum Gasteiger partial charge on any atom is -0.465 e. The SMILES string of the molecule is CCN(c1cc(-c2ccc3c(c2)NC(=O)C32CCN(C(=O)OCc3ccccc3)CC2)cc(C(=O)OC)c1C)C1CCOCC1. The lowest BCUT2D eigenvalue weighted by molar-refractivity contribution is -0.122. The van der Waals surface area contributed by atoms with E-state index in [1.165, 1.54) is 7.11 Å². The number of methoxy groups -OCH3 is 1. The number of hydrogen-bond donors (Lipinski definition) is 1. The maximum absolute atomic E-state index is 13.5. The molecule has 1 N–H and O–H groups in total. The zero-order valence-electron chi connectivity index (χ0n) is 26.3. The van der Waals surface area contributed by atoms with Crippen LogP contribution >= 0.6 is 0 Å². The summed E-state index contributed by atoms with van der Waals surface area (Å²) in [6.45, 7) is 7.45. The van der Waals surface area contributed by atoms with Crippen LogP contribution in [0.2, 0.25) is 0 Å². The zero-order valence-corrected chi connectivity index (χ0v) is 26.3. The summed E-state index contributed by atoms with van der Waals surface area (Å²) in [7, 11) is 1.41. The molecular weight excluding hydrogens is 570 g/mol. The molecule has 236 valence electrons. The molecule has 0 radical (unpaired) electrons. The van der Waals surface area contributed by atoms with Gasteiger partial charge in [0.1, 0.15) is 6.61 Å². The summed E-state index contributed by atoms with van der Waals surface area (Å²) < 4.78 is 16.3. The third kappa shape index (κ3) is 5.89. The number of rotatable bonds is 7. The van der Waals surface area contributed by atoms with Crippen molar-refractivity contribution in [1.82, 2.24) is 4.90 Å². The average Bonchev–Trinajstić information content (AvgIpc) is 3.34. The lowest BCUT2D eigenvalue weighted by Gasteiger charge is -2.37. The molecule has 0 unspecified atom stereocenters. The summed E-state index contributed by atoms with van der Waals surface area (Å²) in [4.78, 5) is 43.3. The van der Waals surface area contributed by atoms with E-state index in [4.69, 9.17) is 14.2 Å². The van der Waals surface area contributed by atoms with Crippen molar-refractivity contribution in [1.29, 1.82) is 0 Å². The van der Waals surface area contributed by atoms with Gasteiger partial charge in [0.15, 0.2) is 0 Å². The van der Waals surface area contributed by atoms with Crippen LogP contribution in [-0.2, 0) is 31.0 Å². The summed E-state index contributed by atoms with van der Waals surface area (Å²) in [5, 5.41) is 3.13. The number of ether oxygens (including phenoxy) is 3. The molecule has 45 heavy (non-hydrogen) atoms. The molecule has 9 heteroatoms. The molecule has 3 heterocycles. The Hall–Kier alpha value is -4.37. The summed E-state index contributed by atoms with van der Waals surface area (Å²) in [5.41, 5.74) is 6.19. The highest BCUT2D eigenvalue weighted by molar-refractivity contribution is 6.07. The van der Waals surface area contributed by atoms with Crippen molar-refractivity contribution >= 4 is 29.3 Å². The number of benzene rings is 3. The number of amides is 2. The maximum Gasteiger partial charge on any atom is 0.410 e. The molecule has 0 aliphatic carbocycles. The number of nitrogens with zero attached hydrogens (tertiary/aromatic N) is 2. The second-order valence-corrected chi connectivity index (χ2v) is 12.1. The number of likely N-dealkylation sites (tertiary alicyclic amines) is 1. The molecule has 2 amide bonds. The number of anilines is 2. The Balaban J connectivity index is 1.24. The summed E-state index contributed by atoms with van der Waals surface area (Å²) in [6.07, 6.45) is 2.54. The number of nitrogens with one attached hydrogen (secondary N) is 1. The first kappa shape index (κ1) is 30.6. The van der Waals surface area contributed by atoms with Gasteiger partial charge in [-0.15, -0.1) is 0 Å². The zero-order chi connectivity index (χ0) is 31.6. The van der Waals surface area contributed by atoms with E-state index in [1.54, 1.807) is 4.90 Å². The second kappa shape index (κ2) is 12.9. The molecule has 3 aliphatic rings. The highest BCUT2D eigenvalue weighted by Crippen LogP contribution is 2.46. The van der Waals surface area contributed by atoms with Crippen LogP contribution in [0.1, 0.15) is 59.7 Å². The molecule has 2 saturated heterocycles. The summed E-state index contributed by atoms with van der Waals surface area (Å²) in [5.74, 6) is -0.412. The molecular formula is C36H41N3O6. The van der Waals surface area contributed by atoms with Gasteiger partial charge in [0.05, 0.1) is 18.1 Å². The molecule has 0 bridgehead atoms. The molecule has 3 aromatic rings. The number of fused-ring (bicyclic) bond motifs is 2. The second-order valence-electron chi connectivity index (χ2n) is 12.1. The van der Waals surface area contributed by atoms with Gasteiger partial charge in [-0.2, -0.15) is 0 Å². The van der Waals surface area contributed by atoms with Crippen LogP contribution in [0, 0.1) is 6.92 Å². The number of piperidine rings is 1. The fourth-order valence-electron chi connectivity index (χ4n) is 7.09. The molecule has 0 aromatic heterocycles. The van der Waals surface area contributed by atoms with Crippen LogP contribution in [-0.4, -0.2) is 68.9 Å². The number of esters is 1. The van der Waals surface area contributed by atoms with Crippen molar-refractivity contribution < 1.29 is 28.6 Å². The van der Waals surface area contributed by atoms with Crippen LogP contribution in [0.5, 0.6) is 0 Å². The van der Waals surface area contributed by atoms with Crippen molar-refractivity contribution in [3.8, 4) is 11.1 Å². The number of carbonyl (C=O) groups excluding carboxylic acids is 3. The highest BCUT2D eigenvalue weighted by atomic mass is 16.6. The van der Waals surface area contributed by atoms with Gasteiger partial charge in [-0.3, -0.25) is 4.79 Å². The number of hydrogen-bond acceptors (Lipinski definition) is 7. The predicted octanol–water partition coefficient (Wildman–Crippen LogP) is 6.08.